The van der Waals surface area contributed by atoms with Gasteiger partial charge in [-0.3, -0.25) is 0 Å². The fourth-order valence-corrected chi connectivity index (χ4v) is 1.83. The first kappa shape index (κ1) is 16.6. The zero-order chi connectivity index (χ0) is 14.6. The maximum absolute atomic E-state index is 6.02. The highest BCUT2D eigenvalue weighted by molar-refractivity contribution is 6.43. The summed E-state index contributed by atoms with van der Waals surface area (Å²) in [7, 11) is 0. The normalized spacial score (nSPS) is 11.5. The predicted molar refractivity (Wildman–Crippen MR) is 83.9 cm³/mol. The van der Waals surface area contributed by atoms with Crippen LogP contribution in [0.15, 0.2) is 24.3 Å². The Morgan fingerprint density at radius 2 is 1.74 bits per heavy atom. The van der Waals surface area contributed by atoms with Gasteiger partial charge in [0.25, 0.3) is 0 Å². The van der Waals surface area contributed by atoms with E-state index in [0.29, 0.717) is 34.0 Å². The van der Waals surface area contributed by atoms with Gasteiger partial charge in [0.2, 0.25) is 0 Å². The summed E-state index contributed by atoms with van der Waals surface area (Å²) in [4.78, 5) is 0. The van der Waals surface area contributed by atoms with Crippen LogP contribution in [0.25, 0.3) is 0 Å². The monoisotopic (exact) mass is 321 g/mol. The van der Waals surface area contributed by atoms with Crippen molar-refractivity contribution in [1.29, 1.82) is 0 Å². The van der Waals surface area contributed by atoms with Gasteiger partial charge in [0.15, 0.2) is 0 Å². The molecule has 0 fully saturated rings. The number of ether oxygens (including phenoxy) is 1. The molecule has 0 atom stereocenters. The molecule has 0 heterocycles. The number of rotatable bonds is 5. The molecule has 0 aliphatic heterocycles. The van der Waals surface area contributed by atoms with E-state index in [-0.39, 0.29) is 5.54 Å². The van der Waals surface area contributed by atoms with Crippen LogP contribution < -0.4 is 10.1 Å². The van der Waals surface area contributed by atoms with Gasteiger partial charge in [0, 0.05) is 18.2 Å². The van der Waals surface area contributed by atoms with Gasteiger partial charge in [0.05, 0.1) is 15.1 Å². The van der Waals surface area contributed by atoms with Crippen LogP contribution in [0.4, 0.5) is 0 Å². The van der Waals surface area contributed by atoms with E-state index in [9.17, 15) is 0 Å². The molecule has 0 amide bonds. The average molecular weight is 323 g/mol. The molecule has 1 rings (SSSR count). The third-order valence-electron chi connectivity index (χ3n) is 2.28. The van der Waals surface area contributed by atoms with Crippen molar-refractivity contribution in [3.8, 4) is 5.75 Å². The summed E-state index contributed by atoms with van der Waals surface area (Å²) in [6, 6.07) is 3.17. The van der Waals surface area contributed by atoms with E-state index in [1.807, 2.05) is 0 Å². The van der Waals surface area contributed by atoms with Crippen molar-refractivity contribution in [3.05, 3.63) is 39.4 Å². The molecule has 1 N–H and O–H groups in total. The topological polar surface area (TPSA) is 21.3 Å². The Bertz CT molecular complexity index is 466. The summed E-state index contributed by atoms with van der Waals surface area (Å²) in [6.07, 6.45) is 0. The van der Waals surface area contributed by atoms with E-state index in [0.717, 1.165) is 5.57 Å². The van der Waals surface area contributed by atoms with Crippen molar-refractivity contribution >= 4 is 34.8 Å². The maximum Gasteiger partial charge on any atom is 0.139 e. The molecule has 1 aromatic rings. The van der Waals surface area contributed by atoms with Crippen molar-refractivity contribution in [2.24, 2.45) is 0 Å². The SMILES string of the molecule is C=C(CNC(C)(C)C)COc1cc(Cl)c(Cl)cc1Cl. The third-order valence-corrected chi connectivity index (χ3v) is 3.29. The van der Waals surface area contributed by atoms with Crippen LogP contribution in [0.3, 0.4) is 0 Å². The largest absolute Gasteiger partial charge is 0.488 e. The van der Waals surface area contributed by atoms with Gasteiger partial charge in [-0.2, -0.15) is 0 Å². The van der Waals surface area contributed by atoms with Crippen molar-refractivity contribution in [2.45, 2.75) is 26.3 Å². The molecular formula is C14H18Cl3NO. The molecule has 19 heavy (non-hydrogen) atoms. The van der Waals surface area contributed by atoms with E-state index in [2.05, 4.69) is 32.7 Å². The van der Waals surface area contributed by atoms with Crippen molar-refractivity contribution in [2.75, 3.05) is 13.2 Å². The van der Waals surface area contributed by atoms with Crippen LogP contribution in [0, 0.1) is 0 Å². The van der Waals surface area contributed by atoms with E-state index in [4.69, 9.17) is 39.5 Å². The van der Waals surface area contributed by atoms with Crippen LogP contribution in [-0.4, -0.2) is 18.7 Å². The minimum Gasteiger partial charge on any atom is -0.488 e. The van der Waals surface area contributed by atoms with Gasteiger partial charge in [-0.15, -0.1) is 0 Å². The Morgan fingerprint density at radius 1 is 1.16 bits per heavy atom. The number of benzene rings is 1. The van der Waals surface area contributed by atoms with Crippen LogP contribution >= 0.6 is 34.8 Å². The van der Waals surface area contributed by atoms with E-state index in [1.165, 1.54) is 0 Å². The second kappa shape index (κ2) is 6.85. The molecule has 0 aliphatic carbocycles. The zero-order valence-corrected chi connectivity index (χ0v) is 13.6. The van der Waals surface area contributed by atoms with E-state index >= 15 is 0 Å². The third kappa shape index (κ3) is 6.05. The summed E-state index contributed by atoms with van der Waals surface area (Å²) in [6.45, 7) is 11.3. The van der Waals surface area contributed by atoms with Gasteiger partial charge < -0.3 is 10.1 Å². The van der Waals surface area contributed by atoms with Crippen LogP contribution in [0.2, 0.25) is 15.1 Å². The van der Waals surface area contributed by atoms with Gasteiger partial charge >= 0.3 is 0 Å². The van der Waals surface area contributed by atoms with Crippen LogP contribution in [-0.2, 0) is 0 Å². The summed E-state index contributed by atoms with van der Waals surface area (Å²) < 4.78 is 5.59. The molecule has 2 nitrogen and oxygen atoms in total. The predicted octanol–water partition coefficient (Wildman–Crippen LogP) is 4.97. The second-order valence-electron chi connectivity index (χ2n) is 5.34. The van der Waals surface area contributed by atoms with Crippen LogP contribution in [0.5, 0.6) is 5.75 Å². The molecular weight excluding hydrogens is 305 g/mol. The lowest BCUT2D eigenvalue weighted by molar-refractivity contribution is 0.342. The second-order valence-corrected chi connectivity index (χ2v) is 6.56. The summed E-state index contributed by atoms with van der Waals surface area (Å²) >= 11 is 17.8. The van der Waals surface area contributed by atoms with Crippen molar-refractivity contribution in [3.63, 3.8) is 0 Å². The van der Waals surface area contributed by atoms with Crippen molar-refractivity contribution in [1.82, 2.24) is 5.32 Å². The lowest BCUT2D eigenvalue weighted by Gasteiger charge is -2.21. The zero-order valence-electron chi connectivity index (χ0n) is 11.3. The molecule has 1 aromatic carbocycles. The Morgan fingerprint density at radius 3 is 2.32 bits per heavy atom. The molecule has 0 saturated carbocycles. The summed E-state index contributed by atoms with van der Waals surface area (Å²) in [5.74, 6) is 0.507. The maximum atomic E-state index is 6.02. The number of hydrogen-bond donors (Lipinski definition) is 1. The molecule has 0 aromatic heterocycles. The van der Waals surface area contributed by atoms with E-state index in [1.54, 1.807) is 12.1 Å². The van der Waals surface area contributed by atoms with Gasteiger partial charge in [0.1, 0.15) is 12.4 Å². The molecule has 0 spiro atoms. The minimum absolute atomic E-state index is 0.0458. The Labute approximate surface area is 129 Å². The highest BCUT2D eigenvalue weighted by atomic mass is 35.5. The molecule has 5 heteroatoms. The highest BCUT2D eigenvalue weighted by Gasteiger charge is 2.10. The molecule has 0 radical (unpaired) electrons. The lowest BCUT2D eigenvalue weighted by Crippen LogP contribution is -2.37. The van der Waals surface area contributed by atoms with Crippen LogP contribution in [0.1, 0.15) is 20.8 Å². The number of nitrogens with one attached hydrogen (secondary N) is 1. The lowest BCUT2D eigenvalue weighted by atomic mass is 10.1. The molecule has 0 aliphatic rings. The molecule has 0 bridgehead atoms. The summed E-state index contributed by atoms with van der Waals surface area (Å²) in [5, 5.41) is 4.60. The van der Waals surface area contributed by atoms with E-state index < -0.39 is 0 Å². The van der Waals surface area contributed by atoms with Gasteiger partial charge in [-0.25, -0.2) is 0 Å². The van der Waals surface area contributed by atoms with Crippen molar-refractivity contribution < 1.29 is 4.74 Å². The molecule has 0 unspecified atom stereocenters. The average Bonchev–Trinajstić information content (AvgIpc) is 2.28. The quantitative estimate of drug-likeness (QED) is 0.610. The first-order valence-corrected chi connectivity index (χ1v) is 7.01. The van der Waals surface area contributed by atoms with Gasteiger partial charge in [-0.05, 0) is 32.4 Å². The number of halogens is 3. The Hall–Kier alpha value is -0.410. The van der Waals surface area contributed by atoms with Gasteiger partial charge in [-0.1, -0.05) is 41.4 Å². The minimum atomic E-state index is 0.0458. The number of hydrogen-bond acceptors (Lipinski definition) is 2. The Balaban J connectivity index is 2.53. The molecule has 106 valence electrons. The standard InChI is InChI=1S/C14H18Cl3NO/c1-9(7-18-14(2,3)4)8-19-13-6-11(16)10(15)5-12(13)17/h5-6,18H,1,7-8H2,2-4H3. The Kier molecular flexibility index (Phi) is 6.00. The fourth-order valence-electron chi connectivity index (χ4n) is 1.24. The molecule has 0 saturated heterocycles. The first-order valence-electron chi connectivity index (χ1n) is 5.88. The summed E-state index contributed by atoms with van der Waals surface area (Å²) in [5.41, 5.74) is 0.974. The smallest absolute Gasteiger partial charge is 0.139 e. The highest BCUT2D eigenvalue weighted by Crippen LogP contribution is 2.33. The fraction of sp³-hybridized carbons (Fsp3) is 0.429. The first-order chi connectivity index (χ1) is 8.69.